The number of benzene rings is 2. The monoisotopic (exact) mass is 355 g/mol. The summed E-state index contributed by atoms with van der Waals surface area (Å²) in [7, 11) is 0. The van der Waals surface area contributed by atoms with E-state index in [0.29, 0.717) is 29.7 Å². The van der Waals surface area contributed by atoms with Gasteiger partial charge in [0.05, 0.1) is 12.0 Å². The molecule has 25 heavy (non-hydrogen) atoms. The van der Waals surface area contributed by atoms with Gasteiger partial charge < -0.3 is 16.2 Å². The van der Waals surface area contributed by atoms with Crippen molar-refractivity contribution < 1.29 is 4.74 Å². The number of ether oxygens (including phenoxy) is 1. The minimum Gasteiger partial charge on any atom is -0.494 e. The Morgan fingerprint density at radius 2 is 1.88 bits per heavy atom. The van der Waals surface area contributed by atoms with Crippen LogP contribution in [0.5, 0.6) is 5.75 Å². The van der Waals surface area contributed by atoms with Crippen molar-refractivity contribution in [1.29, 1.82) is 0 Å². The van der Waals surface area contributed by atoms with Crippen molar-refractivity contribution in [3.05, 3.63) is 76.1 Å². The van der Waals surface area contributed by atoms with E-state index in [-0.39, 0.29) is 0 Å². The Morgan fingerprint density at radius 3 is 2.52 bits per heavy atom. The molecule has 2 aromatic carbocycles. The summed E-state index contributed by atoms with van der Waals surface area (Å²) in [4.78, 5) is 4.20. The van der Waals surface area contributed by atoms with E-state index in [0.717, 1.165) is 16.9 Å². The lowest BCUT2D eigenvalue weighted by atomic mass is 9.70. The number of allylic oxidation sites excluding steroid dienone is 1. The van der Waals surface area contributed by atoms with Crippen LogP contribution in [-0.4, -0.2) is 12.4 Å². The predicted octanol–water partition coefficient (Wildman–Crippen LogP) is 3.89. The minimum absolute atomic E-state index is 0.395. The summed E-state index contributed by atoms with van der Waals surface area (Å²) < 4.78 is 5.88. The molecule has 5 heteroatoms. The molecule has 1 heterocycles. The molecule has 0 radical (unpaired) electrons. The van der Waals surface area contributed by atoms with Gasteiger partial charge in [0, 0.05) is 17.0 Å². The number of nitrogens with two attached hydrogens (primary N) is 2. The summed E-state index contributed by atoms with van der Waals surface area (Å²) in [5.41, 5.74) is 14.8. The van der Waals surface area contributed by atoms with Crippen LogP contribution in [0.2, 0.25) is 5.02 Å². The van der Waals surface area contributed by atoms with Gasteiger partial charge in [-0.25, -0.2) is 4.99 Å². The van der Waals surface area contributed by atoms with Crippen LogP contribution in [0, 0.1) is 6.92 Å². The topological polar surface area (TPSA) is 73.6 Å². The Morgan fingerprint density at radius 1 is 1.16 bits per heavy atom. The third kappa shape index (κ3) is 3.35. The zero-order valence-electron chi connectivity index (χ0n) is 14.4. The first-order valence-corrected chi connectivity index (χ1v) is 8.64. The second-order valence-corrected chi connectivity index (χ2v) is 6.70. The fourth-order valence-corrected chi connectivity index (χ4v) is 3.50. The second-order valence-electron chi connectivity index (χ2n) is 6.26. The smallest absolute Gasteiger partial charge is 0.123 e. The van der Waals surface area contributed by atoms with E-state index in [1.165, 1.54) is 5.56 Å². The van der Waals surface area contributed by atoms with E-state index in [4.69, 9.17) is 27.8 Å². The molecule has 0 saturated heterocycles. The average Bonchev–Trinajstić information content (AvgIpc) is 2.56. The molecule has 2 aromatic rings. The molecule has 0 saturated carbocycles. The Bertz CT molecular complexity index is 843. The van der Waals surface area contributed by atoms with Crippen LogP contribution < -0.4 is 16.2 Å². The lowest BCUT2D eigenvalue weighted by Gasteiger charge is -2.35. The van der Waals surface area contributed by atoms with Gasteiger partial charge in [0.15, 0.2) is 0 Å². The Hall–Kier alpha value is -2.46. The van der Waals surface area contributed by atoms with E-state index < -0.39 is 5.41 Å². The van der Waals surface area contributed by atoms with Crippen LogP contribution >= 0.6 is 11.6 Å². The molecule has 4 N–H and O–H groups in total. The molecule has 0 fully saturated rings. The quantitative estimate of drug-likeness (QED) is 0.873. The number of nitrogens with zero attached hydrogens (tertiary/aromatic N) is 1. The SMILES string of the molecule is CCOc1ccc(Cl)cc1C1(c2ccc(C)cc2)C=C(N)N=C(N)C1. The number of rotatable bonds is 4. The molecule has 0 aromatic heterocycles. The first-order valence-electron chi connectivity index (χ1n) is 8.26. The highest BCUT2D eigenvalue weighted by Gasteiger charge is 2.38. The highest BCUT2D eigenvalue weighted by molar-refractivity contribution is 6.30. The minimum atomic E-state index is -0.570. The number of hydrogen-bond donors (Lipinski definition) is 2. The molecule has 1 unspecified atom stereocenters. The largest absolute Gasteiger partial charge is 0.494 e. The fourth-order valence-electron chi connectivity index (χ4n) is 3.32. The van der Waals surface area contributed by atoms with Gasteiger partial charge in [-0.1, -0.05) is 41.4 Å². The van der Waals surface area contributed by atoms with Crippen LogP contribution in [0.3, 0.4) is 0 Å². The Balaban J connectivity index is 2.28. The summed E-state index contributed by atoms with van der Waals surface area (Å²) in [5.74, 6) is 1.65. The van der Waals surface area contributed by atoms with Gasteiger partial charge in [-0.2, -0.15) is 0 Å². The highest BCUT2D eigenvalue weighted by Crippen LogP contribution is 2.44. The molecule has 130 valence electrons. The maximum absolute atomic E-state index is 6.31. The predicted molar refractivity (Wildman–Crippen MR) is 103 cm³/mol. The number of amidine groups is 1. The molecule has 0 spiro atoms. The van der Waals surface area contributed by atoms with Crippen LogP contribution in [0.15, 0.2) is 59.4 Å². The summed E-state index contributed by atoms with van der Waals surface area (Å²) in [5, 5.41) is 0.637. The lowest BCUT2D eigenvalue weighted by Crippen LogP contribution is -2.36. The molecule has 1 aliphatic rings. The molecule has 1 aliphatic heterocycles. The van der Waals surface area contributed by atoms with Gasteiger partial charge in [-0.05, 0) is 43.7 Å². The zero-order valence-corrected chi connectivity index (χ0v) is 15.2. The van der Waals surface area contributed by atoms with Crippen molar-refractivity contribution in [2.45, 2.75) is 25.7 Å². The van der Waals surface area contributed by atoms with Crippen molar-refractivity contribution in [3.8, 4) is 5.75 Å². The molecule has 1 atom stereocenters. The maximum atomic E-state index is 6.31. The lowest BCUT2D eigenvalue weighted by molar-refractivity contribution is 0.332. The van der Waals surface area contributed by atoms with Crippen molar-refractivity contribution in [2.75, 3.05) is 6.61 Å². The van der Waals surface area contributed by atoms with Crippen LogP contribution in [0.1, 0.15) is 30.0 Å². The van der Waals surface area contributed by atoms with Gasteiger partial charge in [-0.3, -0.25) is 0 Å². The van der Waals surface area contributed by atoms with E-state index in [1.54, 1.807) is 0 Å². The summed E-state index contributed by atoms with van der Waals surface area (Å²) in [6.45, 7) is 4.57. The van der Waals surface area contributed by atoms with E-state index in [1.807, 2.05) is 31.2 Å². The summed E-state index contributed by atoms with van der Waals surface area (Å²) in [6.07, 6.45) is 2.46. The molecule has 0 amide bonds. The third-order valence-corrected chi connectivity index (χ3v) is 4.65. The van der Waals surface area contributed by atoms with E-state index in [9.17, 15) is 0 Å². The summed E-state index contributed by atoms with van der Waals surface area (Å²) in [6, 6.07) is 14.0. The van der Waals surface area contributed by atoms with Crippen molar-refractivity contribution >= 4 is 17.4 Å². The number of aryl methyl sites for hydroxylation is 1. The molecular formula is C20H22ClN3O. The zero-order chi connectivity index (χ0) is 18.0. The molecule has 0 aliphatic carbocycles. The second kappa shape index (κ2) is 6.81. The normalized spacial score (nSPS) is 20.0. The Labute approximate surface area is 153 Å². The first-order chi connectivity index (χ1) is 11.9. The van der Waals surface area contributed by atoms with Gasteiger partial charge in [-0.15, -0.1) is 0 Å². The average molecular weight is 356 g/mol. The van der Waals surface area contributed by atoms with E-state index >= 15 is 0 Å². The summed E-state index contributed by atoms with van der Waals surface area (Å²) >= 11 is 6.31. The van der Waals surface area contributed by atoms with Gasteiger partial charge >= 0.3 is 0 Å². The van der Waals surface area contributed by atoms with Gasteiger partial charge in [0.1, 0.15) is 17.4 Å². The van der Waals surface area contributed by atoms with Crippen LogP contribution in [-0.2, 0) is 5.41 Å². The molecule has 4 nitrogen and oxygen atoms in total. The van der Waals surface area contributed by atoms with Crippen molar-refractivity contribution in [3.63, 3.8) is 0 Å². The fraction of sp³-hybridized carbons (Fsp3) is 0.250. The Kier molecular flexibility index (Phi) is 4.73. The number of hydrogen-bond acceptors (Lipinski definition) is 4. The van der Waals surface area contributed by atoms with Crippen molar-refractivity contribution in [2.24, 2.45) is 16.5 Å². The number of aliphatic imine (C=N–C) groups is 1. The standard InChI is InChI=1S/C20H22ClN3O/c1-3-25-17-9-8-15(21)10-16(17)20(11-18(22)24-19(23)12-20)14-6-4-13(2)5-7-14/h4-11H,3,12,22H2,1-2H3,(H2,23,24). The molecule has 0 bridgehead atoms. The highest BCUT2D eigenvalue weighted by atomic mass is 35.5. The van der Waals surface area contributed by atoms with Crippen LogP contribution in [0.4, 0.5) is 0 Å². The van der Waals surface area contributed by atoms with Crippen molar-refractivity contribution in [1.82, 2.24) is 0 Å². The van der Waals surface area contributed by atoms with Gasteiger partial charge in [0.25, 0.3) is 0 Å². The van der Waals surface area contributed by atoms with E-state index in [2.05, 4.69) is 36.2 Å². The first kappa shape index (κ1) is 17.4. The number of halogens is 1. The van der Waals surface area contributed by atoms with Gasteiger partial charge in [0.2, 0.25) is 0 Å². The third-order valence-electron chi connectivity index (χ3n) is 4.42. The maximum Gasteiger partial charge on any atom is 0.123 e. The van der Waals surface area contributed by atoms with Crippen LogP contribution in [0.25, 0.3) is 0 Å². The molecular weight excluding hydrogens is 334 g/mol. The molecule has 3 rings (SSSR count).